The van der Waals surface area contributed by atoms with Crippen LogP contribution in [0.15, 0.2) is 29.4 Å². The van der Waals surface area contributed by atoms with Crippen LogP contribution in [0.3, 0.4) is 0 Å². The molecular formula is C13H17N3O. The Morgan fingerprint density at radius 3 is 3.00 bits per heavy atom. The van der Waals surface area contributed by atoms with Gasteiger partial charge in [0.1, 0.15) is 12.3 Å². The fourth-order valence-electron chi connectivity index (χ4n) is 1.52. The van der Waals surface area contributed by atoms with Crippen molar-refractivity contribution in [3.8, 4) is 0 Å². The van der Waals surface area contributed by atoms with Crippen molar-refractivity contribution in [2.45, 2.75) is 26.7 Å². The Morgan fingerprint density at radius 1 is 1.41 bits per heavy atom. The SMILES string of the molecule is CCCCO/N=C(\C)c1nc2ccccc2[nH]1. The Balaban J connectivity index is 2.10. The molecule has 4 heteroatoms. The summed E-state index contributed by atoms with van der Waals surface area (Å²) in [6.07, 6.45) is 2.14. The molecule has 0 aliphatic carbocycles. The maximum atomic E-state index is 5.21. The highest BCUT2D eigenvalue weighted by atomic mass is 16.6. The molecule has 0 fully saturated rings. The quantitative estimate of drug-likeness (QED) is 0.488. The number of hydrogen-bond acceptors (Lipinski definition) is 3. The highest BCUT2D eigenvalue weighted by Crippen LogP contribution is 2.10. The number of nitrogens with one attached hydrogen (secondary N) is 1. The predicted molar refractivity (Wildman–Crippen MR) is 69.2 cm³/mol. The van der Waals surface area contributed by atoms with Crippen LogP contribution >= 0.6 is 0 Å². The standard InChI is InChI=1S/C13H17N3O/c1-3-4-9-17-16-10(2)13-14-11-7-5-6-8-12(11)15-13/h5-8H,3-4,9H2,1-2H3,(H,14,15)/b16-10+. The van der Waals surface area contributed by atoms with E-state index in [0.717, 1.165) is 35.4 Å². The zero-order chi connectivity index (χ0) is 12.1. The number of aromatic amines is 1. The van der Waals surface area contributed by atoms with Crippen LogP contribution in [0, 0.1) is 0 Å². The lowest BCUT2D eigenvalue weighted by Crippen LogP contribution is -1.99. The molecule has 2 aromatic rings. The summed E-state index contributed by atoms with van der Waals surface area (Å²) in [6.45, 7) is 4.68. The van der Waals surface area contributed by atoms with Gasteiger partial charge in [-0.05, 0) is 25.5 Å². The minimum absolute atomic E-state index is 0.661. The Morgan fingerprint density at radius 2 is 2.24 bits per heavy atom. The third-order valence-electron chi connectivity index (χ3n) is 2.52. The first-order chi connectivity index (χ1) is 8.31. The summed E-state index contributed by atoms with van der Waals surface area (Å²) in [5.74, 6) is 0.766. The molecule has 1 N–H and O–H groups in total. The molecular weight excluding hydrogens is 214 g/mol. The number of oxime groups is 1. The first-order valence-electron chi connectivity index (χ1n) is 5.93. The van der Waals surface area contributed by atoms with Gasteiger partial charge in [-0.1, -0.05) is 30.6 Å². The zero-order valence-corrected chi connectivity index (χ0v) is 10.2. The van der Waals surface area contributed by atoms with E-state index in [2.05, 4.69) is 22.0 Å². The van der Waals surface area contributed by atoms with Crippen LogP contribution in [-0.4, -0.2) is 22.3 Å². The van der Waals surface area contributed by atoms with E-state index in [1.807, 2.05) is 31.2 Å². The number of nitrogens with zero attached hydrogens (tertiary/aromatic N) is 2. The number of rotatable bonds is 5. The summed E-state index contributed by atoms with van der Waals surface area (Å²) in [6, 6.07) is 7.92. The summed E-state index contributed by atoms with van der Waals surface area (Å²) >= 11 is 0. The number of hydrogen-bond donors (Lipinski definition) is 1. The molecule has 0 unspecified atom stereocenters. The van der Waals surface area contributed by atoms with Crippen molar-refractivity contribution in [3.05, 3.63) is 30.1 Å². The average Bonchev–Trinajstić information content (AvgIpc) is 2.78. The van der Waals surface area contributed by atoms with Gasteiger partial charge in [0.2, 0.25) is 0 Å². The Bertz CT molecular complexity index is 483. The van der Waals surface area contributed by atoms with E-state index in [1.54, 1.807) is 0 Å². The maximum Gasteiger partial charge on any atom is 0.156 e. The molecule has 0 aliphatic rings. The molecule has 1 aromatic heterocycles. The van der Waals surface area contributed by atoms with E-state index < -0.39 is 0 Å². The fraction of sp³-hybridized carbons (Fsp3) is 0.385. The van der Waals surface area contributed by atoms with Crippen molar-refractivity contribution < 1.29 is 4.84 Å². The molecule has 4 nitrogen and oxygen atoms in total. The third kappa shape index (κ3) is 2.84. The lowest BCUT2D eigenvalue weighted by Gasteiger charge is -1.98. The molecule has 0 saturated heterocycles. The molecule has 0 bridgehead atoms. The van der Waals surface area contributed by atoms with Gasteiger partial charge in [0.15, 0.2) is 5.82 Å². The van der Waals surface area contributed by atoms with E-state index in [1.165, 1.54) is 0 Å². The van der Waals surface area contributed by atoms with E-state index in [4.69, 9.17) is 4.84 Å². The van der Waals surface area contributed by atoms with Crippen molar-refractivity contribution in [1.29, 1.82) is 0 Å². The van der Waals surface area contributed by atoms with Crippen LogP contribution in [0.5, 0.6) is 0 Å². The second kappa shape index (κ2) is 5.48. The first kappa shape index (κ1) is 11.6. The predicted octanol–water partition coefficient (Wildman–Crippen LogP) is 3.10. The Kier molecular flexibility index (Phi) is 3.75. The minimum atomic E-state index is 0.661. The molecule has 0 amide bonds. The third-order valence-corrected chi connectivity index (χ3v) is 2.52. The average molecular weight is 231 g/mol. The van der Waals surface area contributed by atoms with Gasteiger partial charge in [-0.3, -0.25) is 0 Å². The van der Waals surface area contributed by atoms with Crippen molar-refractivity contribution in [2.75, 3.05) is 6.61 Å². The Labute approximate surface area is 101 Å². The van der Waals surface area contributed by atoms with Gasteiger partial charge in [0.05, 0.1) is 11.0 Å². The van der Waals surface area contributed by atoms with Gasteiger partial charge in [0, 0.05) is 0 Å². The largest absolute Gasteiger partial charge is 0.395 e. The molecule has 17 heavy (non-hydrogen) atoms. The van der Waals surface area contributed by atoms with Gasteiger partial charge in [-0.15, -0.1) is 0 Å². The van der Waals surface area contributed by atoms with E-state index in [0.29, 0.717) is 6.61 Å². The monoisotopic (exact) mass is 231 g/mol. The fourth-order valence-corrected chi connectivity index (χ4v) is 1.52. The van der Waals surface area contributed by atoms with Crippen molar-refractivity contribution in [2.24, 2.45) is 5.16 Å². The van der Waals surface area contributed by atoms with Gasteiger partial charge >= 0.3 is 0 Å². The Hall–Kier alpha value is -1.84. The summed E-state index contributed by atoms with van der Waals surface area (Å²) in [4.78, 5) is 12.9. The van der Waals surface area contributed by atoms with Gasteiger partial charge in [-0.2, -0.15) is 0 Å². The van der Waals surface area contributed by atoms with Crippen LogP contribution in [0.25, 0.3) is 11.0 Å². The van der Waals surface area contributed by atoms with Crippen molar-refractivity contribution in [3.63, 3.8) is 0 Å². The number of benzene rings is 1. The first-order valence-corrected chi connectivity index (χ1v) is 5.93. The molecule has 90 valence electrons. The van der Waals surface area contributed by atoms with E-state index in [-0.39, 0.29) is 0 Å². The minimum Gasteiger partial charge on any atom is -0.395 e. The number of unbranched alkanes of at least 4 members (excludes halogenated alkanes) is 1. The molecule has 0 spiro atoms. The highest BCUT2D eigenvalue weighted by Gasteiger charge is 2.04. The second-order valence-electron chi connectivity index (χ2n) is 3.97. The molecule has 2 rings (SSSR count). The molecule has 0 radical (unpaired) electrons. The van der Waals surface area contributed by atoms with Gasteiger partial charge in [-0.25, -0.2) is 4.98 Å². The molecule has 0 saturated carbocycles. The highest BCUT2D eigenvalue weighted by molar-refractivity contribution is 5.97. The second-order valence-corrected chi connectivity index (χ2v) is 3.97. The van der Waals surface area contributed by atoms with Gasteiger partial charge in [0.25, 0.3) is 0 Å². The summed E-state index contributed by atoms with van der Waals surface area (Å²) < 4.78 is 0. The number of aromatic nitrogens is 2. The van der Waals surface area contributed by atoms with Crippen LogP contribution in [0.1, 0.15) is 32.5 Å². The van der Waals surface area contributed by atoms with Crippen molar-refractivity contribution >= 4 is 16.7 Å². The summed E-state index contributed by atoms with van der Waals surface area (Å²) in [5, 5.41) is 4.05. The zero-order valence-electron chi connectivity index (χ0n) is 10.2. The number of imidazole rings is 1. The summed E-state index contributed by atoms with van der Waals surface area (Å²) in [5.41, 5.74) is 2.74. The van der Waals surface area contributed by atoms with Crippen LogP contribution in [0.4, 0.5) is 0 Å². The molecule has 1 aromatic carbocycles. The molecule has 1 heterocycles. The maximum absolute atomic E-state index is 5.21. The van der Waals surface area contributed by atoms with E-state index >= 15 is 0 Å². The number of H-pyrrole nitrogens is 1. The van der Waals surface area contributed by atoms with E-state index in [9.17, 15) is 0 Å². The van der Waals surface area contributed by atoms with Crippen LogP contribution in [0.2, 0.25) is 0 Å². The van der Waals surface area contributed by atoms with Crippen LogP contribution < -0.4 is 0 Å². The lowest BCUT2D eigenvalue weighted by molar-refractivity contribution is 0.141. The molecule has 0 aliphatic heterocycles. The number of para-hydroxylation sites is 2. The number of fused-ring (bicyclic) bond motifs is 1. The smallest absolute Gasteiger partial charge is 0.156 e. The normalized spacial score (nSPS) is 12.0. The van der Waals surface area contributed by atoms with Gasteiger partial charge < -0.3 is 9.82 Å². The van der Waals surface area contributed by atoms with Crippen molar-refractivity contribution in [1.82, 2.24) is 9.97 Å². The summed E-state index contributed by atoms with van der Waals surface area (Å²) in [7, 11) is 0. The lowest BCUT2D eigenvalue weighted by atomic mass is 10.3. The molecule has 0 atom stereocenters. The van der Waals surface area contributed by atoms with Crippen LogP contribution in [-0.2, 0) is 4.84 Å². The topological polar surface area (TPSA) is 50.3 Å².